The quantitative estimate of drug-likeness (QED) is 0.383. The van der Waals surface area contributed by atoms with Gasteiger partial charge in [-0.05, 0) is 12.1 Å². The van der Waals surface area contributed by atoms with Crippen molar-refractivity contribution in [3.8, 4) is 5.75 Å². The van der Waals surface area contributed by atoms with Crippen LogP contribution in [0.2, 0.25) is 0 Å². The van der Waals surface area contributed by atoms with Gasteiger partial charge >= 0.3 is 12.1 Å². The SMILES string of the molecule is O=C(N[C@H]1[C@H](Oc2ccc([N+](=O)[O-])cc2)O[C@H](CO)[C@@H](O)[C@@H]1O)C(F)(F)F. The van der Waals surface area contributed by atoms with Crippen molar-refractivity contribution in [3.63, 3.8) is 0 Å². The molecule has 4 N–H and O–H groups in total. The molecule has 1 aromatic carbocycles. The first-order valence-electron chi connectivity index (χ1n) is 7.46. The Labute approximate surface area is 149 Å². The number of hydrogen-bond donors (Lipinski definition) is 4. The van der Waals surface area contributed by atoms with Gasteiger partial charge in [-0.15, -0.1) is 0 Å². The lowest BCUT2D eigenvalue weighted by atomic mass is 9.97. The van der Waals surface area contributed by atoms with Crippen molar-refractivity contribution in [2.45, 2.75) is 36.8 Å². The molecule has 0 unspecified atom stereocenters. The van der Waals surface area contributed by atoms with Crippen LogP contribution in [0.5, 0.6) is 5.75 Å². The Hall–Kier alpha value is -2.48. The highest BCUT2D eigenvalue weighted by Gasteiger charge is 2.49. The third-order valence-electron chi connectivity index (χ3n) is 3.74. The highest BCUT2D eigenvalue weighted by Crippen LogP contribution is 2.26. The Kier molecular flexibility index (Phi) is 6.20. The molecule has 0 aromatic heterocycles. The number of ether oxygens (including phenoxy) is 2. The predicted octanol–water partition coefficient (Wildman–Crippen LogP) is -0.540. The van der Waals surface area contributed by atoms with Crippen LogP contribution >= 0.6 is 0 Å². The summed E-state index contributed by atoms with van der Waals surface area (Å²) in [6.45, 7) is -0.793. The number of amides is 1. The van der Waals surface area contributed by atoms with Crippen LogP contribution in [-0.2, 0) is 9.53 Å². The van der Waals surface area contributed by atoms with Gasteiger partial charge in [-0.25, -0.2) is 0 Å². The summed E-state index contributed by atoms with van der Waals surface area (Å²) in [5.74, 6) is -2.49. The molecule has 5 atom stereocenters. The summed E-state index contributed by atoms with van der Waals surface area (Å²) in [5, 5.41) is 41.1. The van der Waals surface area contributed by atoms with Gasteiger partial charge in [0.05, 0.1) is 11.5 Å². The van der Waals surface area contributed by atoms with Crippen molar-refractivity contribution in [2.75, 3.05) is 6.61 Å². The molecule has 1 fully saturated rings. The third-order valence-corrected chi connectivity index (χ3v) is 3.74. The van der Waals surface area contributed by atoms with Crippen molar-refractivity contribution < 1.29 is 47.7 Å². The van der Waals surface area contributed by atoms with E-state index in [2.05, 4.69) is 0 Å². The summed E-state index contributed by atoms with van der Waals surface area (Å²) in [4.78, 5) is 21.1. The minimum absolute atomic E-state index is 0.0860. The zero-order valence-corrected chi connectivity index (χ0v) is 13.4. The molecule has 1 amide bonds. The molecule has 1 aliphatic heterocycles. The average molecular weight is 396 g/mol. The largest absolute Gasteiger partial charge is 0.471 e. The van der Waals surface area contributed by atoms with Gasteiger partial charge in [-0.2, -0.15) is 13.2 Å². The number of carbonyl (C=O) groups is 1. The van der Waals surface area contributed by atoms with Crippen LogP contribution in [0, 0.1) is 10.1 Å². The first kappa shape index (κ1) is 20.8. The molecule has 0 bridgehead atoms. The number of aliphatic hydroxyl groups excluding tert-OH is 3. The van der Waals surface area contributed by atoms with E-state index in [4.69, 9.17) is 14.6 Å². The minimum Gasteiger partial charge on any atom is -0.463 e. The number of nitro benzene ring substituents is 1. The minimum atomic E-state index is -5.27. The van der Waals surface area contributed by atoms with Gasteiger partial charge in [0.1, 0.15) is 30.1 Å². The number of nitrogens with zero attached hydrogens (tertiary/aromatic N) is 1. The van der Waals surface area contributed by atoms with Gasteiger partial charge in [0, 0.05) is 12.1 Å². The standard InChI is InChI=1S/C14H15F3N2O8/c15-14(16,17)13(23)18-9-11(22)10(21)8(5-20)27-12(9)26-7-3-1-6(2-4-7)19(24)25/h1-4,8-12,20-22H,5H2,(H,18,23)/t8-,9-,10-,11-,12-/m1/s1. The fourth-order valence-corrected chi connectivity index (χ4v) is 2.35. The normalized spacial score (nSPS) is 28.4. The van der Waals surface area contributed by atoms with Crippen LogP contribution in [0.25, 0.3) is 0 Å². The monoisotopic (exact) mass is 396 g/mol. The zero-order valence-electron chi connectivity index (χ0n) is 13.4. The van der Waals surface area contributed by atoms with E-state index in [0.717, 1.165) is 24.3 Å². The fourth-order valence-electron chi connectivity index (χ4n) is 2.35. The molecule has 0 aliphatic carbocycles. The lowest BCUT2D eigenvalue weighted by Gasteiger charge is -2.42. The molecule has 150 valence electrons. The van der Waals surface area contributed by atoms with E-state index in [9.17, 15) is 38.3 Å². The second kappa shape index (κ2) is 8.04. The Morgan fingerprint density at radius 2 is 1.85 bits per heavy atom. The number of nitrogens with one attached hydrogen (secondary N) is 1. The molecular weight excluding hydrogens is 381 g/mol. The smallest absolute Gasteiger partial charge is 0.463 e. The molecular formula is C14H15F3N2O8. The number of benzene rings is 1. The molecule has 1 aromatic rings. The predicted molar refractivity (Wildman–Crippen MR) is 79.5 cm³/mol. The molecule has 1 saturated heterocycles. The summed E-state index contributed by atoms with van der Waals surface area (Å²) >= 11 is 0. The molecule has 10 nitrogen and oxygen atoms in total. The topological polar surface area (TPSA) is 151 Å². The Balaban J connectivity index is 2.23. The van der Waals surface area contributed by atoms with Crippen LogP contribution in [0.3, 0.4) is 0 Å². The van der Waals surface area contributed by atoms with Gasteiger partial charge in [0.2, 0.25) is 6.29 Å². The summed E-state index contributed by atoms with van der Waals surface area (Å²) < 4.78 is 47.9. The number of alkyl halides is 3. The number of hydrogen-bond acceptors (Lipinski definition) is 8. The number of non-ortho nitro benzene ring substituents is 1. The van der Waals surface area contributed by atoms with E-state index in [0.29, 0.717) is 0 Å². The van der Waals surface area contributed by atoms with Crippen LogP contribution < -0.4 is 10.1 Å². The second-order valence-corrected chi connectivity index (χ2v) is 5.57. The number of rotatable bonds is 5. The Morgan fingerprint density at radius 1 is 1.26 bits per heavy atom. The molecule has 2 rings (SSSR count). The lowest BCUT2D eigenvalue weighted by molar-refractivity contribution is -0.384. The van der Waals surface area contributed by atoms with Crippen molar-refractivity contribution in [2.24, 2.45) is 0 Å². The Morgan fingerprint density at radius 3 is 2.33 bits per heavy atom. The molecule has 0 saturated carbocycles. The van der Waals surface area contributed by atoms with Crippen LogP contribution in [0.1, 0.15) is 0 Å². The van der Waals surface area contributed by atoms with E-state index in [-0.39, 0.29) is 11.4 Å². The number of aliphatic hydroxyl groups is 3. The van der Waals surface area contributed by atoms with E-state index in [1.807, 2.05) is 0 Å². The fraction of sp³-hybridized carbons (Fsp3) is 0.500. The van der Waals surface area contributed by atoms with Gasteiger partial charge in [0.25, 0.3) is 5.69 Å². The van der Waals surface area contributed by atoms with Crippen molar-refractivity contribution in [3.05, 3.63) is 34.4 Å². The van der Waals surface area contributed by atoms with Gasteiger partial charge in [-0.1, -0.05) is 0 Å². The number of carbonyl (C=O) groups excluding carboxylic acids is 1. The van der Waals surface area contributed by atoms with E-state index < -0.39 is 54.3 Å². The molecule has 0 radical (unpaired) electrons. The van der Waals surface area contributed by atoms with E-state index in [1.165, 1.54) is 5.32 Å². The summed E-state index contributed by atoms with van der Waals surface area (Å²) in [5.41, 5.74) is -0.280. The van der Waals surface area contributed by atoms with Crippen LogP contribution in [-0.4, -0.2) is 69.6 Å². The summed E-state index contributed by atoms with van der Waals surface area (Å²) in [6.07, 6.45) is -12.2. The zero-order chi connectivity index (χ0) is 20.4. The van der Waals surface area contributed by atoms with Gasteiger partial charge in [-0.3, -0.25) is 14.9 Å². The van der Waals surface area contributed by atoms with E-state index in [1.54, 1.807) is 0 Å². The van der Waals surface area contributed by atoms with Gasteiger partial charge in [0.15, 0.2) is 0 Å². The molecule has 1 aliphatic rings. The maximum absolute atomic E-state index is 12.5. The maximum atomic E-state index is 12.5. The van der Waals surface area contributed by atoms with E-state index >= 15 is 0 Å². The molecule has 27 heavy (non-hydrogen) atoms. The Bertz CT molecular complexity index is 684. The highest BCUT2D eigenvalue weighted by molar-refractivity contribution is 5.82. The first-order valence-corrected chi connectivity index (χ1v) is 7.46. The molecule has 13 heteroatoms. The van der Waals surface area contributed by atoms with Gasteiger partial charge < -0.3 is 30.1 Å². The van der Waals surface area contributed by atoms with Crippen molar-refractivity contribution in [1.29, 1.82) is 0 Å². The van der Waals surface area contributed by atoms with Crippen LogP contribution in [0.15, 0.2) is 24.3 Å². The second-order valence-electron chi connectivity index (χ2n) is 5.57. The summed E-state index contributed by atoms with van der Waals surface area (Å²) in [6, 6.07) is 2.50. The number of halogens is 3. The van der Waals surface area contributed by atoms with Crippen molar-refractivity contribution in [1.82, 2.24) is 5.32 Å². The third kappa shape index (κ3) is 4.82. The molecule has 1 heterocycles. The highest BCUT2D eigenvalue weighted by atomic mass is 19.4. The maximum Gasteiger partial charge on any atom is 0.471 e. The molecule has 0 spiro atoms. The summed E-state index contributed by atoms with van der Waals surface area (Å²) in [7, 11) is 0. The van der Waals surface area contributed by atoms with Crippen molar-refractivity contribution >= 4 is 11.6 Å². The van der Waals surface area contributed by atoms with Crippen LogP contribution in [0.4, 0.5) is 18.9 Å². The lowest BCUT2D eigenvalue weighted by Crippen LogP contribution is -2.66. The first-order chi connectivity index (χ1) is 12.5. The number of nitro groups is 1. The average Bonchev–Trinajstić information content (AvgIpc) is 2.60.